The van der Waals surface area contributed by atoms with E-state index in [0.29, 0.717) is 4.90 Å². The fourth-order valence-corrected chi connectivity index (χ4v) is 2.00. The Balaban J connectivity index is 2.40. The van der Waals surface area contributed by atoms with Crippen molar-refractivity contribution < 1.29 is 23.2 Å². The van der Waals surface area contributed by atoms with Crippen molar-refractivity contribution in [2.75, 3.05) is 6.54 Å². The van der Waals surface area contributed by atoms with Gasteiger partial charge in [0.15, 0.2) is 11.6 Å². The lowest BCUT2D eigenvalue weighted by molar-refractivity contribution is -0.134. The van der Waals surface area contributed by atoms with Gasteiger partial charge in [0.05, 0.1) is 0 Å². The highest BCUT2D eigenvalue weighted by atomic mass is 19.2. The standard InChI is InChI=1S/C12H11F2N3O3/c1-12(6-2-3-7(13)8(14)4-6)10(19)17(5-9(15)18)11(20)16-12/h2-4H,5H2,1H3,(H2,15,18)(H,16,20)/t12-/m1/s1. The number of rotatable bonds is 3. The molecule has 1 fully saturated rings. The maximum atomic E-state index is 13.2. The van der Waals surface area contributed by atoms with Crippen molar-refractivity contribution in [3.8, 4) is 0 Å². The van der Waals surface area contributed by atoms with Crippen LogP contribution in [0.1, 0.15) is 12.5 Å². The van der Waals surface area contributed by atoms with E-state index in [4.69, 9.17) is 5.73 Å². The molecule has 0 saturated carbocycles. The third-order valence-corrected chi connectivity index (χ3v) is 3.09. The van der Waals surface area contributed by atoms with Gasteiger partial charge in [-0.25, -0.2) is 13.6 Å². The summed E-state index contributed by atoms with van der Waals surface area (Å²) < 4.78 is 26.2. The molecule has 0 unspecified atom stereocenters. The molecule has 1 aromatic carbocycles. The van der Waals surface area contributed by atoms with Crippen LogP contribution in [0.2, 0.25) is 0 Å². The molecule has 1 aromatic rings. The van der Waals surface area contributed by atoms with Gasteiger partial charge < -0.3 is 11.1 Å². The Hall–Kier alpha value is -2.51. The lowest BCUT2D eigenvalue weighted by atomic mass is 9.92. The molecule has 1 aliphatic heterocycles. The average Bonchev–Trinajstić information content (AvgIpc) is 2.57. The summed E-state index contributed by atoms with van der Waals surface area (Å²) in [5, 5.41) is 2.34. The molecular weight excluding hydrogens is 272 g/mol. The zero-order valence-corrected chi connectivity index (χ0v) is 10.4. The van der Waals surface area contributed by atoms with Crippen LogP contribution in [0, 0.1) is 11.6 Å². The molecule has 0 spiro atoms. The molecule has 0 radical (unpaired) electrons. The minimum atomic E-state index is -1.57. The molecule has 2 rings (SSSR count). The number of hydrogen-bond donors (Lipinski definition) is 2. The molecule has 3 N–H and O–H groups in total. The van der Waals surface area contributed by atoms with Crippen LogP contribution in [-0.4, -0.2) is 29.3 Å². The summed E-state index contributed by atoms with van der Waals surface area (Å²) in [5.74, 6) is -3.82. The Labute approximate surface area is 112 Å². The second kappa shape index (κ2) is 4.55. The number of primary amides is 1. The normalized spacial score (nSPS) is 22.1. The van der Waals surface area contributed by atoms with Crippen LogP contribution in [-0.2, 0) is 15.1 Å². The second-order valence-corrected chi connectivity index (χ2v) is 4.54. The summed E-state index contributed by atoms with van der Waals surface area (Å²) in [5.41, 5.74) is 3.45. The first kappa shape index (κ1) is 13.9. The van der Waals surface area contributed by atoms with Gasteiger partial charge in [-0.2, -0.15) is 0 Å². The van der Waals surface area contributed by atoms with Gasteiger partial charge in [-0.15, -0.1) is 0 Å². The van der Waals surface area contributed by atoms with Crippen LogP contribution in [0.25, 0.3) is 0 Å². The first-order valence-corrected chi connectivity index (χ1v) is 5.63. The first-order chi connectivity index (χ1) is 9.25. The number of hydrogen-bond acceptors (Lipinski definition) is 3. The summed E-state index contributed by atoms with van der Waals surface area (Å²) in [6, 6.07) is 2.04. The van der Waals surface area contributed by atoms with Crippen LogP contribution < -0.4 is 11.1 Å². The van der Waals surface area contributed by atoms with E-state index in [1.165, 1.54) is 13.0 Å². The molecule has 0 aliphatic carbocycles. The first-order valence-electron chi connectivity index (χ1n) is 5.63. The highest BCUT2D eigenvalue weighted by molar-refractivity contribution is 6.09. The largest absolute Gasteiger partial charge is 0.368 e. The van der Waals surface area contributed by atoms with E-state index in [1.807, 2.05) is 0 Å². The van der Waals surface area contributed by atoms with E-state index < -0.39 is 41.6 Å². The SMILES string of the molecule is C[C@]1(c2ccc(F)c(F)c2)NC(=O)N(CC(N)=O)C1=O. The molecule has 1 heterocycles. The zero-order chi connectivity index (χ0) is 15.1. The molecule has 106 valence electrons. The highest BCUT2D eigenvalue weighted by Crippen LogP contribution is 2.29. The van der Waals surface area contributed by atoms with Gasteiger partial charge in [-0.05, 0) is 24.6 Å². The van der Waals surface area contributed by atoms with Gasteiger partial charge in [0.25, 0.3) is 5.91 Å². The monoisotopic (exact) mass is 283 g/mol. The molecule has 4 amide bonds. The van der Waals surface area contributed by atoms with Crippen LogP contribution in [0.3, 0.4) is 0 Å². The number of nitrogens with one attached hydrogen (secondary N) is 1. The fourth-order valence-electron chi connectivity index (χ4n) is 2.00. The van der Waals surface area contributed by atoms with Crippen molar-refractivity contribution in [2.24, 2.45) is 5.73 Å². The number of carbonyl (C=O) groups excluding carboxylic acids is 3. The number of urea groups is 1. The van der Waals surface area contributed by atoms with Crippen LogP contribution in [0.4, 0.5) is 13.6 Å². The number of nitrogens with two attached hydrogens (primary N) is 1. The average molecular weight is 283 g/mol. The van der Waals surface area contributed by atoms with Gasteiger partial charge in [-0.3, -0.25) is 14.5 Å². The van der Waals surface area contributed by atoms with E-state index in [2.05, 4.69) is 5.32 Å². The Bertz CT molecular complexity index is 620. The molecule has 8 heteroatoms. The minimum Gasteiger partial charge on any atom is -0.368 e. The van der Waals surface area contributed by atoms with Gasteiger partial charge in [0.1, 0.15) is 12.1 Å². The summed E-state index contributed by atoms with van der Waals surface area (Å²) >= 11 is 0. The van der Waals surface area contributed by atoms with Crippen molar-refractivity contribution in [2.45, 2.75) is 12.5 Å². The van der Waals surface area contributed by atoms with Gasteiger partial charge in [0.2, 0.25) is 5.91 Å². The van der Waals surface area contributed by atoms with E-state index in [-0.39, 0.29) is 5.56 Å². The number of imide groups is 1. The molecule has 0 aromatic heterocycles. The Morgan fingerprint density at radius 1 is 1.35 bits per heavy atom. The summed E-state index contributed by atoms with van der Waals surface area (Å²) in [6.45, 7) is 0.755. The van der Waals surface area contributed by atoms with Crippen molar-refractivity contribution in [1.82, 2.24) is 10.2 Å². The molecule has 0 bridgehead atoms. The number of amides is 4. The van der Waals surface area contributed by atoms with E-state index in [0.717, 1.165) is 12.1 Å². The topological polar surface area (TPSA) is 92.5 Å². The number of carbonyl (C=O) groups is 3. The summed E-state index contributed by atoms with van der Waals surface area (Å²) in [4.78, 5) is 35.3. The number of nitrogens with zero attached hydrogens (tertiary/aromatic N) is 1. The highest BCUT2D eigenvalue weighted by Gasteiger charge is 2.49. The van der Waals surface area contributed by atoms with Crippen LogP contribution in [0.15, 0.2) is 18.2 Å². The molecule has 20 heavy (non-hydrogen) atoms. The summed E-state index contributed by atoms with van der Waals surface area (Å²) in [6.07, 6.45) is 0. The maximum absolute atomic E-state index is 13.2. The lowest BCUT2D eigenvalue weighted by Crippen LogP contribution is -2.42. The maximum Gasteiger partial charge on any atom is 0.325 e. The van der Waals surface area contributed by atoms with E-state index in [1.54, 1.807) is 0 Å². The molecule has 6 nitrogen and oxygen atoms in total. The predicted octanol–water partition coefficient (Wildman–Crippen LogP) is 0.217. The second-order valence-electron chi connectivity index (χ2n) is 4.54. The third-order valence-electron chi connectivity index (χ3n) is 3.09. The quantitative estimate of drug-likeness (QED) is 0.777. The van der Waals surface area contributed by atoms with E-state index >= 15 is 0 Å². The fraction of sp³-hybridized carbons (Fsp3) is 0.250. The van der Waals surface area contributed by atoms with Crippen LogP contribution >= 0.6 is 0 Å². The molecule has 1 saturated heterocycles. The Morgan fingerprint density at radius 3 is 2.55 bits per heavy atom. The predicted molar refractivity (Wildman–Crippen MR) is 63.1 cm³/mol. The van der Waals surface area contributed by atoms with Crippen molar-refractivity contribution in [1.29, 1.82) is 0 Å². The van der Waals surface area contributed by atoms with Crippen molar-refractivity contribution in [3.63, 3.8) is 0 Å². The number of benzene rings is 1. The minimum absolute atomic E-state index is 0.0710. The van der Waals surface area contributed by atoms with Crippen molar-refractivity contribution >= 4 is 17.8 Å². The molecular formula is C12H11F2N3O3. The van der Waals surface area contributed by atoms with E-state index in [9.17, 15) is 23.2 Å². The lowest BCUT2D eigenvalue weighted by Gasteiger charge is -2.22. The number of halogens is 2. The third kappa shape index (κ3) is 2.09. The molecule has 1 aliphatic rings. The van der Waals surface area contributed by atoms with Gasteiger partial charge in [-0.1, -0.05) is 6.07 Å². The smallest absolute Gasteiger partial charge is 0.325 e. The summed E-state index contributed by atoms with van der Waals surface area (Å²) in [7, 11) is 0. The molecule has 1 atom stereocenters. The zero-order valence-electron chi connectivity index (χ0n) is 10.4. The van der Waals surface area contributed by atoms with Gasteiger partial charge in [0, 0.05) is 0 Å². The Morgan fingerprint density at radius 2 is 2.00 bits per heavy atom. The van der Waals surface area contributed by atoms with Crippen molar-refractivity contribution in [3.05, 3.63) is 35.4 Å². The van der Waals surface area contributed by atoms with Crippen LogP contribution in [0.5, 0.6) is 0 Å². The Kier molecular flexibility index (Phi) is 3.16. The van der Waals surface area contributed by atoms with Gasteiger partial charge >= 0.3 is 6.03 Å².